The fourth-order valence-corrected chi connectivity index (χ4v) is 2.48. The highest BCUT2D eigenvalue weighted by atomic mass is 16.5. The normalized spacial score (nSPS) is 13.3. The summed E-state index contributed by atoms with van der Waals surface area (Å²) < 4.78 is 5.36. The van der Waals surface area contributed by atoms with Gasteiger partial charge in [-0.2, -0.15) is 0 Å². The molecule has 0 saturated carbocycles. The molecule has 1 aliphatic rings. The van der Waals surface area contributed by atoms with E-state index in [1.54, 1.807) is 25.2 Å². The number of hydrogen-bond acceptors (Lipinski definition) is 3. The van der Waals surface area contributed by atoms with Crippen LogP contribution < -0.4 is 15.0 Å². The third kappa shape index (κ3) is 3.34. The van der Waals surface area contributed by atoms with E-state index in [2.05, 4.69) is 5.32 Å². The number of carbonyl (C=O) groups is 2. The van der Waals surface area contributed by atoms with Crippen LogP contribution in [0.5, 0.6) is 5.75 Å². The van der Waals surface area contributed by atoms with Crippen LogP contribution >= 0.6 is 0 Å². The number of nitrogens with zero attached hydrogens (tertiary/aromatic N) is 1. The number of benzene rings is 2. The Hall–Kier alpha value is -2.82. The lowest BCUT2D eigenvalue weighted by atomic mass is 10.1. The molecule has 0 atom stereocenters. The van der Waals surface area contributed by atoms with Crippen molar-refractivity contribution in [1.29, 1.82) is 0 Å². The summed E-state index contributed by atoms with van der Waals surface area (Å²) in [6.45, 7) is 0.595. The molecule has 1 heterocycles. The number of anilines is 1. The van der Waals surface area contributed by atoms with Gasteiger partial charge in [-0.3, -0.25) is 9.59 Å². The summed E-state index contributed by atoms with van der Waals surface area (Å²) in [5.74, 6) is 0.335. The third-order valence-electron chi connectivity index (χ3n) is 3.85. The molecule has 3 rings (SSSR count). The van der Waals surface area contributed by atoms with E-state index in [1.807, 2.05) is 30.3 Å². The van der Waals surface area contributed by atoms with Gasteiger partial charge in [0.05, 0.1) is 5.69 Å². The smallest absolute Gasteiger partial charge is 0.264 e. The van der Waals surface area contributed by atoms with Crippen molar-refractivity contribution in [3.8, 4) is 5.75 Å². The summed E-state index contributed by atoms with van der Waals surface area (Å²) in [5, 5.41) is 2.90. The highest BCUT2D eigenvalue weighted by molar-refractivity contribution is 6.00. The molecular formula is C18H18N2O3. The highest BCUT2D eigenvalue weighted by Gasteiger charge is 2.23. The van der Waals surface area contributed by atoms with Crippen LogP contribution in [-0.4, -0.2) is 32.0 Å². The summed E-state index contributed by atoms with van der Waals surface area (Å²) in [6, 6.07) is 15.1. The van der Waals surface area contributed by atoms with Gasteiger partial charge in [0.25, 0.3) is 11.8 Å². The van der Waals surface area contributed by atoms with E-state index in [1.165, 1.54) is 10.5 Å². The first kappa shape index (κ1) is 15.1. The minimum atomic E-state index is -0.157. The minimum Gasteiger partial charge on any atom is -0.482 e. The van der Waals surface area contributed by atoms with E-state index in [4.69, 9.17) is 4.74 Å². The summed E-state index contributed by atoms with van der Waals surface area (Å²) in [5.41, 5.74) is 2.32. The highest BCUT2D eigenvalue weighted by Crippen LogP contribution is 2.31. The lowest BCUT2D eigenvalue weighted by molar-refractivity contribution is -0.120. The monoisotopic (exact) mass is 310 g/mol. The average Bonchev–Trinajstić information content (AvgIpc) is 2.59. The number of likely N-dealkylation sites (N-methyl/N-ethyl adjacent to an activating group) is 1. The second kappa shape index (κ2) is 6.52. The van der Waals surface area contributed by atoms with Crippen molar-refractivity contribution in [1.82, 2.24) is 5.32 Å². The molecule has 2 amide bonds. The van der Waals surface area contributed by atoms with Crippen molar-refractivity contribution in [2.24, 2.45) is 0 Å². The van der Waals surface area contributed by atoms with Gasteiger partial charge in [-0.25, -0.2) is 0 Å². The van der Waals surface area contributed by atoms with Crippen molar-refractivity contribution in [3.05, 3.63) is 59.7 Å². The summed E-state index contributed by atoms with van der Waals surface area (Å²) in [4.78, 5) is 25.4. The molecule has 0 bridgehead atoms. The lowest BCUT2D eigenvalue weighted by Crippen LogP contribution is -2.35. The predicted molar refractivity (Wildman–Crippen MR) is 87.8 cm³/mol. The first-order valence-electron chi connectivity index (χ1n) is 7.50. The number of amides is 2. The van der Waals surface area contributed by atoms with E-state index < -0.39 is 0 Å². The van der Waals surface area contributed by atoms with Gasteiger partial charge >= 0.3 is 0 Å². The van der Waals surface area contributed by atoms with Gasteiger partial charge < -0.3 is 15.0 Å². The average molecular weight is 310 g/mol. The van der Waals surface area contributed by atoms with Crippen LogP contribution in [0.15, 0.2) is 48.5 Å². The van der Waals surface area contributed by atoms with Crippen LogP contribution in [0.1, 0.15) is 15.9 Å². The lowest BCUT2D eigenvalue weighted by Gasteiger charge is -2.26. The molecule has 0 unspecified atom stereocenters. The van der Waals surface area contributed by atoms with Crippen molar-refractivity contribution < 1.29 is 14.3 Å². The molecular weight excluding hydrogens is 292 g/mol. The van der Waals surface area contributed by atoms with Crippen molar-refractivity contribution in [2.75, 3.05) is 25.1 Å². The fourth-order valence-electron chi connectivity index (χ4n) is 2.48. The molecule has 0 radical (unpaired) electrons. The summed E-state index contributed by atoms with van der Waals surface area (Å²) in [7, 11) is 1.68. The Bertz CT molecular complexity index is 728. The summed E-state index contributed by atoms with van der Waals surface area (Å²) in [6.07, 6.45) is 0.777. The van der Waals surface area contributed by atoms with Crippen LogP contribution in [0.25, 0.3) is 0 Å². The number of carbonyl (C=O) groups excluding carboxylic acids is 2. The van der Waals surface area contributed by atoms with E-state index >= 15 is 0 Å². The Labute approximate surface area is 134 Å². The van der Waals surface area contributed by atoms with E-state index in [0.717, 1.165) is 6.42 Å². The number of fused-ring (bicyclic) bond motifs is 1. The third-order valence-corrected chi connectivity index (χ3v) is 3.85. The van der Waals surface area contributed by atoms with Crippen LogP contribution in [0.3, 0.4) is 0 Å². The zero-order chi connectivity index (χ0) is 16.2. The first-order valence-corrected chi connectivity index (χ1v) is 7.50. The SMILES string of the molecule is CN1C(=O)COc2ccc(C(=O)NCCc3ccccc3)cc21. The van der Waals surface area contributed by atoms with E-state index in [9.17, 15) is 9.59 Å². The van der Waals surface area contributed by atoms with Gasteiger partial charge in [-0.05, 0) is 30.2 Å². The standard InChI is InChI=1S/C18H18N2O3/c1-20-15-11-14(7-8-16(15)23-12-17(20)21)18(22)19-10-9-13-5-3-2-4-6-13/h2-8,11H,9-10,12H2,1H3,(H,19,22). The second-order valence-electron chi connectivity index (χ2n) is 5.42. The van der Waals surface area contributed by atoms with Crippen LogP contribution in [-0.2, 0) is 11.2 Å². The fraction of sp³-hybridized carbons (Fsp3) is 0.222. The number of ether oxygens (including phenoxy) is 1. The Morgan fingerprint density at radius 3 is 2.78 bits per heavy atom. The number of rotatable bonds is 4. The Kier molecular flexibility index (Phi) is 4.28. The minimum absolute atomic E-state index is 0.0338. The maximum atomic E-state index is 12.3. The summed E-state index contributed by atoms with van der Waals surface area (Å²) >= 11 is 0. The van der Waals surface area contributed by atoms with E-state index in [0.29, 0.717) is 23.5 Å². The molecule has 0 spiro atoms. The van der Waals surface area contributed by atoms with Gasteiger partial charge in [-0.1, -0.05) is 30.3 Å². The molecule has 2 aromatic carbocycles. The van der Waals surface area contributed by atoms with Gasteiger partial charge in [0.1, 0.15) is 5.75 Å². The van der Waals surface area contributed by atoms with Crippen molar-refractivity contribution in [3.63, 3.8) is 0 Å². The van der Waals surface area contributed by atoms with Crippen LogP contribution in [0, 0.1) is 0 Å². The van der Waals surface area contributed by atoms with Crippen molar-refractivity contribution in [2.45, 2.75) is 6.42 Å². The molecule has 23 heavy (non-hydrogen) atoms. The van der Waals surface area contributed by atoms with Crippen LogP contribution in [0.4, 0.5) is 5.69 Å². The maximum Gasteiger partial charge on any atom is 0.264 e. The molecule has 5 nitrogen and oxygen atoms in total. The molecule has 0 aliphatic carbocycles. The first-order chi connectivity index (χ1) is 11.1. The zero-order valence-corrected chi connectivity index (χ0v) is 12.9. The molecule has 0 aromatic heterocycles. The molecule has 0 fully saturated rings. The Morgan fingerprint density at radius 2 is 2.00 bits per heavy atom. The maximum absolute atomic E-state index is 12.3. The number of nitrogens with one attached hydrogen (secondary N) is 1. The molecule has 1 N–H and O–H groups in total. The van der Waals surface area contributed by atoms with Gasteiger partial charge in [0.15, 0.2) is 6.61 Å². The van der Waals surface area contributed by atoms with E-state index in [-0.39, 0.29) is 18.4 Å². The van der Waals surface area contributed by atoms with Gasteiger partial charge in [0.2, 0.25) is 0 Å². The van der Waals surface area contributed by atoms with Crippen molar-refractivity contribution >= 4 is 17.5 Å². The molecule has 1 aliphatic heterocycles. The quantitative estimate of drug-likeness (QED) is 0.940. The molecule has 118 valence electrons. The number of hydrogen-bond donors (Lipinski definition) is 1. The largest absolute Gasteiger partial charge is 0.482 e. The molecule has 0 saturated heterocycles. The van der Waals surface area contributed by atoms with Crippen LogP contribution in [0.2, 0.25) is 0 Å². The molecule has 2 aromatic rings. The second-order valence-corrected chi connectivity index (χ2v) is 5.42. The predicted octanol–water partition coefficient (Wildman–Crippen LogP) is 2.01. The van der Waals surface area contributed by atoms with Gasteiger partial charge in [-0.15, -0.1) is 0 Å². The zero-order valence-electron chi connectivity index (χ0n) is 12.9. The molecule has 5 heteroatoms. The Morgan fingerprint density at radius 1 is 1.22 bits per heavy atom. The topological polar surface area (TPSA) is 58.6 Å². The van der Waals surface area contributed by atoms with Gasteiger partial charge in [0, 0.05) is 19.2 Å². The Balaban J connectivity index is 1.65.